The van der Waals surface area contributed by atoms with Gasteiger partial charge in [0.25, 0.3) is 0 Å². The Hall–Kier alpha value is -0.870. The second-order valence-corrected chi connectivity index (χ2v) is 7.06. The number of thiophene rings is 1. The summed E-state index contributed by atoms with van der Waals surface area (Å²) in [5, 5.41) is 8.85. The first-order valence-electron chi connectivity index (χ1n) is 7.89. The predicted octanol–water partition coefficient (Wildman–Crippen LogP) is 3.24. The van der Waals surface area contributed by atoms with Crippen molar-refractivity contribution < 1.29 is 4.79 Å². The molecule has 20 heavy (non-hydrogen) atoms. The monoisotopic (exact) mass is 292 g/mol. The Bertz CT molecular complexity index is 422. The average molecular weight is 292 g/mol. The maximum absolute atomic E-state index is 11.7. The van der Waals surface area contributed by atoms with E-state index < -0.39 is 0 Å². The fraction of sp³-hybridized carbons (Fsp3) is 0.688. The Balaban J connectivity index is 1.49. The van der Waals surface area contributed by atoms with Gasteiger partial charge >= 0.3 is 0 Å². The van der Waals surface area contributed by atoms with Crippen molar-refractivity contribution in [2.45, 2.75) is 57.0 Å². The second-order valence-electron chi connectivity index (χ2n) is 6.08. The van der Waals surface area contributed by atoms with E-state index in [4.69, 9.17) is 0 Å². The molecular formula is C16H24N2OS. The summed E-state index contributed by atoms with van der Waals surface area (Å²) in [7, 11) is 0. The molecule has 1 heterocycles. The van der Waals surface area contributed by atoms with Crippen molar-refractivity contribution in [3.05, 3.63) is 22.4 Å². The van der Waals surface area contributed by atoms with E-state index >= 15 is 0 Å². The quantitative estimate of drug-likeness (QED) is 0.810. The number of nitrogens with one attached hydrogen (secondary N) is 2. The molecule has 3 rings (SSSR count). The van der Waals surface area contributed by atoms with Gasteiger partial charge in [0.1, 0.15) is 0 Å². The van der Waals surface area contributed by atoms with Crippen LogP contribution in [-0.4, -0.2) is 18.5 Å². The highest BCUT2D eigenvalue weighted by atomic mass is 32.1. The fourth-order valence-electron chi connectivity index (χ4n) is 3.13. The molecule has 110 valence electrons. The van der Waals surface area contributed by atoms with Gasteiger partial charge in [-0.1, -0.05) is 18.9 Å². The Morgan fingerprint density at radius 1 is 1.30 bits per heavy atom. The first-order valence-corrected chi connectivity index (χ1v) is 8.77. The Morgan fingerprint density at radius 3 is 2.75 bits per heavy atom. The van der Waals surface area contributed by atoms with Gasteiger partial charge in [0.15, 0.2) is 0 Å². The first kappa shape index (κ1) is 14.1. The standard InChI is InChI=1S/C16H24N2OS/c19-15(18-13-7-8-13)9-10-17-16(12-4-1-2-5-12)14-6-3-11-20-14/h3,6,11-13,16-17H,1-2,4-5,7-10H2,(H,18,19). The minimum Gasteiger partial charge on any atom is -0.353 e. The number of rotatable bonds is 7. The molecule has 4 heteroatoms. The summed E-state index contributed by atoms with van der Waals surface area (Å²) in [6, 6.07) is 5.28. The maximum Gasteiger partial charge on any atom is 0.221 e. The van der Waals surface area contributed by atoms with Crippen LogP contribution in [0, 0.1) is 5.92 Å². The van der Waals surface area contributed by atoms with Crippen LogP contribution < -0.4 is 10.6 Å². The number of carbonyl (C=O) groups excluding carboxylic acids is 1. The van der Waals surface area contributed by atoms with Gasteiger partial charge in [-0.05, 0) is 43.0 Å². The topological polar surface area (TPSA) is 41.1 Å². The minimum atomic E-state index is 0.205. The Labute approximate surface area is 125 Å². The van der Waals surface area contributed by atoms with E-state index in [-0.39, 0.29) is 5.91 Å². The number of amides is 1. The van der Waals surface area contributed by atoms with E-state index in [1.54, 1.807) is 0 Å². The number of carbonyl (C=O) groups is 1. The molecule has 0 bridgehead atoms. The predicted molar refractivity (Wildman–Crippen MR) is 82.8 cm³/mol. The van der Waals surface area contributed by atoms with Crippen molar-refractivity contribution in [3.63, 3.8) is 0 Å². The minimum absolute atomic E-state index is 0.205. The molecule has 2 aliphatic carbocycles. The molecule has 1 unspecified atom stereocenters. The summed E-state index contributed by atoms with van der Waals surface area (Å²) in [6.45, 7) is 0.789. The first-order chi connectivity index (χ1) is 9.83. The van der Waals surface area contributed by atoms with E-state index in [1.165, 1.54) is 43.4 Å². The molecule has 0 aliphatic heterocycles. The molecule has 0 spiro atoms. The maximum atomic E-state index is 11.7. The summed E-state index contributed by atoms with van der Waals surface area (Å²) >= 11 is 1.83. The molecule has 2 fully saturated rings. The third-order valence-corrected chi connectivity index (χ3v) is 5.34. The van der Waals surface area contributed by atoms with E-state index in [0.717, 1.165) is 12.5 Å². The molecule has 1 aromatic heterocycles. The third kappa shape index (κ3) is 3.83. The molecule has 1 atom stereocenters. The van der Waals surface area contributed by atoms with Gasteiger partial charge in [0.2, 0.25) is 5.91 Å². The largest absolute Gasteiger partial charge is 0.353 e. The van der Waals surface area contributed by atoms with E-state index in [0.29, 0.717) is 18.5 Å². The van der Waals surface area contributed by atoms with Crippen LogP contribution in [0.1, 0.15) is 55.9 Å². The summed E-state index contributed by atoms with van der Waals surface area (Å²) < 4.78 is 0. The van der Waals surface area contributed by atoms with Crippen molar-refractivity contribution in [2.24, 2.45) is 5.92 Å². The Morgan fingerprint density at radius 2 is 2.10 bits per heavy atom. The lowest BCUT2D eigenvalue weighted by Crippen LogP contribution is -2.32. The van der Waals surface area contributed by atoms with Crippen LogP contribution in [0.2, 0.25) is 0 Å². The van der Waals surface area contributed by atoms with Crippen LogP contribution in [0.3, 0.4) is 0 Å². The second kappa shape index (κ2) is 6.72. The van der Waals surface area contributed by atoms with Crippen LogP contribution in [0.4, 0.5) is 0 Å². The fourth-order valence-corrected chi connectivity index (χ4v) is 4.02. The lowest BCUT2D eigenvalue weighted by Gasteiger charge is -2.23. The highest BCUT2D eigenvalue weighted by Crippen LogP contribution is 2.37. The van der Waals surface area contributed by atoms with Crippen LogP contribution in [-0.2, 0) is 4.79 Å². The van der Waals surface area contributed by atoms with Crippen LogP contribution in [0.5, 0.6) is 0 Å². The molecule has 0 saturated heterocycles. The van der Waals surface area contributed by atoms with Crippen LogP contribution in [0.25, 0.3) is 0 Å². The zero-order valence-electron chi connectivity index (χ0n) is 11.9. The van der Waals surface area contributed by atoms with Crippen molar-refractivity contribution >= 4 is 17.2 Å². The Kier molecular flexibility index (Phi) is 4.73. The van der Waals surface area contributed by atoms with Gasteiger partial charge in [-0.2, -0.15) is 0 Å². The van der Waals surface area contributed by atoms with Gasteiger partial charge in [-0.15, -0.1) is 11.3 Å². The van der Waals surface area contributed by atoms with Crippen molar-refractivity contribution in [1.29, 1.82) is 0 Å². The van der Waals surface area contributed by atoms with Crippen LogP contribution >= 0.6 is 11.3 Å². The molecule has 1 aromatic rings. The summed E-state index contributed by atoms with van der Waals surface area (Å²) in [5.74, 6) is 0.955. The molecule has 3 nitrogen and oxygen atoms in total. The van der Waals surface area contributed by atoms with Crippen LogP contribution in [0.15, 0.2) is 17.5 Å². The molecule has 0 aromatic carbocycles. The SMILES string of the molecule is O=C(CCNC(c1cccs1)C1CCCC1)NC1CC1. The average Bonchev–Trinajstić information content (AvgIpc) is 2.96. The van der Waals surface area contributed by atoms with Crippen molar-refractivity contribution in [1.82, 2.24) is 10.6 Å². The van der Waals surface area contributed by atoms with E-state index in [1.807, 2.05) is 11.3 Å². The summed E-state index contributed by atoms with van der Waals surface area (Å²) in [4.78, 5) is 13.2. The van der Waals surface area contributed by atoms with Gasteiger partial charge in [0, 0.05) is 29.9 Å². The van der Waals surface area contributed by atoms with Crippen molar-refractivity contribution in [3.8, 4) is 0 Å². The smallest absolute Gasteiger partial charge is 0.221 e. The highest BCUT2D eigenvalue weighted by molar-refractivity contribution is 7.10. The molecule has 2 N–H and O–H groups in total. The highest BCUT2D eigenvalue weighted by Gasteiger charge is 2.27. The third-order valence-electron chi connectivity index (χ3n) is 4.38. The normalized spacial score (nSPS) is 21.0. The van der Waals surface area contributed by atoms with Gasteiger partial charge in [-0.25, -0.2) is 0 Å². The summed E-state index contributed by atoms with van der Waals surface area (Å²) in [5.41, 5.74) is 0. The molecular weight excluding hydrogens is 268 g/mol. The number of hydrogen-bond donors (Lipinski definition) is 2. The molecule has 0 radical (unpaired) electrons. The zero-order chi connectivity index (χ0) is 13.8. The van der Waals surface area contributed by atoms with E-state index in [2.05, 4.69) is 28.1 Å². The van der Waals surface area contributed by atoms with Gasteiger partial charge in [-0.3, -0.25) is 4.79 Å². The summed E-state index contributed by atoms with van der Waals surface area (Å²) in [6.07, 6.45) is 8.30. The number of hydrogen-bond acceptors (Lipinski definition) is 3. The molecule has 2 saturated carbocycles. The molecule has 2 aliphatic rings. The van der Waals surface area contributed by atoms with E-state index in [9.17, 15) is 4.79 Å². The molecule has 1 amide bonds. The lowest BCUT2D eigenvalue weighted by molar-refractivity contribution is -0.121. The van der Waals surface area contributed by atoms with Gasteiger partial charge in [0.05, 0.1) is 0 Å². The zero-order valence-corrected chi connectivity index (χ0v) is 12.8. The van der Waals surface area contributed by atoms with Gasteiger partial charge < -0.3 is 10.6 Å². The lowest BCUT2D eigenvalue weighted by atomic mass is 9.96. The van der Waals surface area contributed by atoms with Crippen molar-refractivity contribution in [2.75, 3.05) is 6.54 Å².